The maximum Gasteiger partial charge on any atom is 0.313 e. The molecule has 0 heterocycles. The van der Waals surface area contributed by atoms with Crippen molar-refractivity contribution in [2.45, 2.75) is 39.5 Å². The zero-order valence-corrected chi connectivity index (χ0v) is 10.9. The average molecular weight is 256 g/mol. The summed E-state index contributed by atoms with van der Waals surface area (Å²) in [4.78, 5) is 11.8. The van der Waals surface area contributed by atoms with Crippen molar-refractivity contribution in [3.8, 4) is 0 Å². The summed E-state index contributed by atoms with van der Waals surface area (Å²) in [5, 5.41) is 0. The highest BCUT2D eigenvalue weighted by Crippen LogP contribution is 2.29. The molecular weight excluding hydrogens is 238 g/mol. The SMILES string of the molecule is CCCC(C(=O)OCC)c1c(F)ccc(C)c1F. The number of carbonyl (C=O) groups is 1. The van der Waals surface area contributed by atoms with E-state index in [1.54, 1.807) is 13.8 Å². The van der Waals surface area contributed by atoms with Crippen LogP contribution in [0.4, 0.5) is 8.78 Å². The number of carbonyl (C=O) groups excluding carboxylic acids is 1. The minimum Gasteiger partial charge on any atom is -0.466 e. The van der Waals surface area contributed by atoms with Gasteiger partial charge in [-0.2, -0.15) is 0 Å². The summed E-state index contributed by atoms with van der Waals surface area (Å²) in [5.41, 5.74) is 0.159. The Kier molecular flexibility index (Phi) is 5.25. The van der Waals surface area contributed by atoms with E-state index >= 15 is 0 Å². The molecule has 0 aliphatic carbocycles. The summed E-state index contributed by atoms with van der Waals surface area (Å²) in [6, 6.07) is 2.55. The van der Waals surface area contributed by atoms with Crippen LogP contribution < -0.4 is 0 Å². The summed E-state index contributed by atoms with van der Waals surface area (Å²) in [7, 11) is 0. The molecule has 4 heteroatoms. The number of benzene rings is 1. The van der Waals surface area contributed by atoms with E-state index in [0.717, 1.165) is 0 Å². The highest BCUT2D eigenvalue weighted by Gasteiger charge is 2.28. The van der Waals surface area contributed by atoms with Gasteiger partial charge in [-0.1, -0.05) is 19.4 Å². The van der Waals surface area contributed by atoms with Gasteiger partial charge in [0, 0.05) is 5.56 Å². The molecule has 0 saturated carbocycles. The van der Waals surface area contributed by atoms with Crippen LogP contribution in [0.2, 0.25) is 0 Å². The molecule has 1 atom stereocenters. The van der Waals surface area contributed by atoms with Crippen molar-refractivity contribution in [1.82, 2.24) is 0 Å². The van der Waals surface area contributed by atoms with Crippen molar-refractivity contribution in [2.75, 3.05) is 6.61 Å². The molecule has 1 aromatic rings. The molecule has 2 nitrogen and oxygen atoms in total. The molecule has 1 aromatic carbocycles. The second-order valence-electron chi connectivity index (χ2n) is 4.19. The molecular formula is C14H18F2O2. The Labute approximate surface area is 106 Å². The first-order valence-corrected chi connectivity index (χ1v) is 6.14. The van der Waals surface area contributed by atoms with Crippen LogP contribution in [0.5, 0.6) is 0 Å². The lowest BCUT2D eigenvalue weighted by Crippen LogP contribution is -2.19. The summed E-state index contributed by atoms with van der Waals surface area (Å²) in [6.45, 7) is 5.28. The predicted octanol–water partition coefficient (Wildman–Crippen LogP) is 3.72. The van der Waals surface area contributed by atoms with E-state index in [-0.39, 0.29) is 12.2 Å². The molecule has 0 bridgehead atoms. The highest BCUT2D eigenvalue weighted by molar-refractivity contribution is 5.78. The Morgan fingerprint density at radius 3 is 2.56 bits per heavy atom. The third-order valence-electron chi connectivity index (χ3n) is 2.82. The molecule has 0 spiro atoms. The van der Waals surface area contributed by atoms with Crippen molar-refractivity contribution in [1.29, 1.82) is 0 Å². The maximum atomic E-state index is 14.0. The van der Waals surface area contributed by atoms with E-state index in [1.165, 1.54) is 12.1 Å². The van der Waals surface area contributed by atoms with Gasteiger partial charge in [0.1, 0.15) is 11.6 Å². The first-order valence-electron chi connectivity index (χ1n) is 6.14. The van der Waals surface area contributed by atoms with Gasteiger partial charge in [-0.15, -0.1) is 0 Å². The fourth-order valence-corrected chi connectivity index (χ4v) is 1.91. The maximum absolute atomic E-state index is 14.0. The molecule has 1 unspecified atom stereocenters. The fourth-order valence-electron chi connectivity index (χ4n) is 1.91. The number of hydrogen-bond acceptors (Lipinski definition) is 2. The molecule has 100 valence electrons. The smallest absolute Gasteiger partial charge is 0.313 e. The normalized spacial score (nSPS) is 12.3. The third-order valence-corrected chi connectivity index (χ3v) is 2.82. The molecule has 1 rings (SSSR count). The summed E-state index contributed by atoms with van der Waals surface area (Å²) >= 11 is 0. The van der Waals surface area contributed by atoms with Gasteiger partial charge < -0.3 is 4.74 Å². The zero-order valence-electron chi connectivity index (χ0n) is 10.9. The Morgan fingerprint density at radius 2 is 2.00 bits per heavy atom. The molecule has 0 amide bonds. The van der Waals surface area contributed by atoms with Gasteiger partial charge in [0.2, 0.25) is 0 Å². The number of halogens is 2. The summed E-state index contributed by atoms with van der Waals surface area (Å²) in [6.07, 6.45) is 1.02. The minimum atomic E-state index is -0.866. The predicted molar refractivity (Wildman–Crippen MR) is 65.4 cm³/mol. The molecule has 0 aliphatic heterocycles. The van der Waals surface area contributed by atoms with Gasteiger partial charge in [0.15, 0.2) is 0 Å². The molecule has 0 aliphatic rings. The van der Waals surface area contributed by atoms with Crippen LogP contribution in [-0.4, -0.2) is 12.6 Å². The summed E-state index contributed by atoms with van der Waals surface area (Å²) < 4.78 is 32.6. The minimum absolute atomic E-state index is 0.171. The number of aryl methyl sites for hydroxylation is 1. The Hall–Kier alpha value is -1.45. The van der Waals surface area contributed by atoms with Crippen LogP contribution in [-0.2, 0) is 9.53 Å². The second kappa shape index (κ2) is 6.47. The number of hydrogen-bond donors (Lipinski definition) is 0. The van der Waals surface area contributed by atoms with E-state index in [4.69, 9.17) is 4.74 Å². The van der Waals surface area contributed by atoms with Crippen LogP contribution in [0.1, 0.15) is 43.7 Å². The monoisotopic (exact) mass is 256 g/mol. The van der Waals surface area contributed by atoms with Crippen LogP contribution in [0.3, 0.4) is 0 Å². The molecule has 0 saturated heterocycles. The van der Waals surface area contributed by atoms with Crippen molar-refractivity contribution < 1.29 is 18.3 Å². The Bertz CT molecular complexity index is 430. The Morgan fingerprint density at radius 1 is 1.33 bits per heavy atom. The van der Waals surface area contributed by atoms with Gasteiger partial charge in [-0.25, -0.2) is 8.78 Å². The number of rotatable bonds is 5. The molecule has 18 heavy (non-hydrogen) atoms. The average Bonchev–Trinajstić information content (AvgIpc) is 2.33. The van der Waals surface area contributed by atoms with E-state index in [1.807, 2.05) is 6.92 Å². The molecule has 0 fully saturated rings. The lowest BCUT2D eigenvalue weighted by molar-refractivity contribution is -0.145. The largest absolute Gasteiger partial charge is 0.466 e. The van der Waals surface area contributed by atoms with Crippen molar-refractivity contribution in [3.63, 3.8) is 0 Å². The zero-order chi connectivity index (χ0) is 13.7. The van der Waals surface area contributed by atoms with Gasteiger partial charge in [0.25, 0.3) is 0 Å². The molecule has 0 N–H and O–H groups in total. The standard InChI is InChI=1S/C14H18F2O2/c1-4-6-10(14(17)18-5-2)12-11(15)8-7-9(3)13(12)16/h7-8,10H,4-6H2,1-3H3. The summed E-state index contributed by atoms with van der Waals surface area (Å²) in [5.74, 6) is -2.77. The fraction of sp³-hybridized carbons (Fsp3) is 0.500. The van der Waals surface area contributed by atoms with Crippen LogP contribution in [0, 0.1) is 18.6 Å². The topological polar surface area (TPSA) is 26.3 Å². The molecule has 0 aromatic heterocycles. The van der Waals surface area contributed by atoms with Crippen molar-refractivity contribution in [3.05, 3.63) is 34.9 Å². The first-order chi connectivity index (χ1) is 8.52. The van der Waals surface area contributed by atoms with E-state index in [0.29, 0.717) is 18.4 Å². The number of ether oxygens (including phenoxy) is 1. The lowest BCUT2D eigenvalue weighted by atomic mass is 9.92. The van der Waals surface area contributed by atoms with Gasteiger partial charge in [0.05, 0.1) is 12.5 Å². The second-order valence-corrected chi connectivity index (χ2v) is 4.19. The van der Waals surface area contributed by atoms with Crippen molar-refractivity contribution in [2.24, 2.45) is 0 Å². The van der Waals surface area contributed by atoms with E-state index in [2.05, 4.69) is 0 Å². The van der Waals surface area contributed by atoms with Crippen LogP contribution >= 0.6 is 0 Å². The highest BCUT2D eigenvalue weighted by atomic mass is 19.1. The van der Waals surface area contributed by atoms with E-state index in [9.17, 15) is 13.6 Å². The van der Waals surface area contributed by atoms with Gasteiger partial charge >= 0.3 is 5.97 Å². The first kappa shape index (κ1) is 14.6. The van der Waals surface area contributed by atoms with Crippen LogP contribution in [0.15, 0.2) is 12.1 Å². The third kappa shape index (κ3) is 3.06. The van der Waals surface area contributed by atoms with Gasteiger partial charge in [-0.3, -0.25) is 4.79 Å². The number of esters is 1. The van der Waals surface area contributed by atoms with Crippen molar-refractivity contribution >= 4 is 5.97 Å². The molecule has 0 radical (unpaired) electrons. The lowest BCUT2D eigenvalue weighted by Gasteiger charge is -2.17. The van der Waals surface area contributed by atoms with Crippen LogP contribution in [0.25, 0.3) is 0 Å². The Balaban J connectivity index is 3.20. The van der Waals surface area contributed by atoms with Gasteiger partial charge in [-0.05, 0) is 31.9 Å². The van der Waals surface area contributed by atoms with E-state index < -0.39 is 23.5 Å². The quantitative estimate of drug-likeness (QED) is 0.750.